The Morgan fingerprint density at radius 3 is 2.27 bits per heavy atom. The zero-order chi connectivity index (χ0) is 10.8. The maximum atomic E-state index is 9.46. The summed E-state index contributed by atoms with van der Waals surface area (Å²) in [4.78, 5) is 0. The van der Waals surface area contributed by atoms with Gasteiger partial charge in [-0.25, -0.2) is 0 Å². The lowest BCUT2D eigenvalue weighted by Gasteiger charge is -2.07. The summed E-state index contributed by atoms with van der Waals surface area (Å²) >= 11 is 0. The highest BCUT2D eigenvalue weighted by Crippen LogP contribution is 2.27. The second-order valence-electron chi connectivity index (χ2n) is 3.82. The average Bonchev–Trinajstić information content (AvgIpc) is 2.23. The van der Waals surface area contributed by atoms with Gasteiger partial charge in [-0.05, 0) is 48.2 Å². The van der Waals surface area contributed by atoms with Crippen molar-refractivity contribution in [3.63, 3.8) is 0 Å². The Labute approximate surface area is 90.0 Å². The molecule has 0 saturated heterocycles. The Morgan fingerprint density at radius 2 is 1.60 bits per heavy atom. The summed E-state index contributed by atoms with van der Waals surface area (Å²) < 4.78 is 0. The molecule has 76 valence electrons. The van der Waals surface area contributed by atoms with Crippen LogP contribution in [-0.4, -0.2) is 5.11 Å². The van der Waals surface area contributed by atoms with E-state index in [0.717, 1.165) is 11.1 Å². The zero-order valence-corrected chi connectivity index (χ0v) is 8.99. The fourth-order valence-electron chi connectivity index (χ4n) is 1.72. The standard InChI is InChI=1S/C14H14O/c1-10-5-3-4-6-13(10)12-7-8-14(15)11(2)9-12/h3-9,15H,1-2H3. The molecule has 0 aliphatic heterocycles. The Balaban J connectivity index is 2.55. The fraction of sp³-hybridized carbons (Fsp3) is 0.143. The van der Waals surface area contributed by atoms with Crippen LogP contribution in [0.15, 0.2) is 42.5 Å². The van der Waals surface area contributed by atoms with Gasteiger partial charge in [0.25, 0.3) is 0 Å². The predicted octanol–water partition coefficient (Wildman–Crippen LogP) is 3.68. The van der Waals surface area contributed by atoms with Gasteiger partial charge in [0.1, 0.15) is 5.75 Å². The number of phenols is 1. The van der Waals surface area contributed by atoms with Crippen LogP contribution >= 0.6 is 0 Å². The van der Waals surface area contributed by atoms with Crippen LogP contribution in [0.25, 0.3) is 11.1 Å². The lowest BCUT2D eigenvalue weighted by Crippen LogP contribution is -1.83. The third-order valence-electron chi connectivity index (χ3n) is 2.65. The van der Waals surface area contributed by atoms with Crippen LogP contribution in [0, 0.1) is 13.8 Å². The van der Waals surface area contributed by atoms with Gasteiger partial charge in [-0.1, -0.05) is 30.3 Å². The highest BCUT2D eigenvalue weighted by Gasteiger charge is 2.02. The molecule has 0 bridgehead atoms. The van der Waals surface area contributed by atoms with Gasteiger partial charge in [-0.3, -0.25) is 0 Å². The summed E-state index contributed by atoms with van der Waals surface area (Å²) in [5.74, 6) is 0.354. The van der Waals surface area contributed by atoms with E-state index in [2.05, 4.69) is 19.1 Å². The molecule has 1 N–H and O–H groups in total. The van der Waals surface area contributed by atoms with Crippen molar-refractivity contribution in [1.29, 1.82) is 0 Å². The predicted molar refractivity (Wildman–Crippen MR) is 63.0 cm³/mol. The third kappa shape index (κ3) is 1.86. The molecule has 1 heteroatoms. The first kappa shape index (κ1) is 9.78. The first-order chi connectivity index (χ1) is 7.18. The largest absolute Gasteiger partial charge is 0.508 e. The Kier molecular flexibility index (Phi) is 2.46. The van der Waals surface area contributed by atoms with E-state index in [1.165, 1.54) is 11.1 Å². The monoisotopic (exact) mass is 198 g/mol. The number of hydrogen-bond acceptors (Lipinski definition) is 1. The number of aryl methyl sites for hydroxylation is 2. The maximum Gasteiger partial charge on any atom is 0.118 e. The van der Waals surface area contributed by atoms with Gasteiger partial charge in [-0.2, -0.15) is 0 Å². The van der Waals surface area contributed by atoms with E-state index in [-0.39, 0.29) is 0 Å². The molecule has 0 aliphatic rings. The fourth-order valence-corrected chi connectivity index (χ4v) is 1.72. The number of benzene rings is 2. The Hall–Kier alpha value is -1.76. The van der Waals surface area contributed by atoms with Gasteiger partial charge < -0.3 is 5.11 Å². The van der Waals surface area contributed by atoms with E-state index >= 15 is 0 Å². The average molecular weight is 198 g/mol. The molecular weight excluding hydrogens is 184 g/mol. The molecule has 0 radical (unpaired) electrons. The van der Waals surface area contributed by atoms with Gasteiger partial charge in [-0.15, -0.1) is 0 Å². The molecule has 0 saturated carbocycles. The van der Waals surface area contributed by atoms with Gasteiger partial charge in [0.15, 0.2) is 0 Å². The minimum Gasteiger partial charge on any atom is -0.508 e. The molecule has 0 aromatic heterocycles. The van der Waals surface area contributed by atoms with Crippen molar-refractivity contribution in [2.45, 2.75) is 13.8 Å². The van der Waals surface area contributed by atoms with Crippen molar-refractivity contribution >= 4 is 0 Å². The molecule has 0 atom stereocenters. The molecule has 2 aromatic carbocycles. The second kappa shape index (κ2) is 3.77. The van der Waals surface area contributed by atoms with Crippen LogP contribution in [0.2, 0.25) is 0 Å². The van der Waals surface area contributed by atoms with Crippen LogP contribution in [-0.2, 0) is 0 Å². The molecule has 0 spiro atoms. The van der Waals surface area contributed by atoms with Crippen molar-refractivity contribution < 1.29 is 5.11 Å². The van der Waals surface area contributed by atoms with Crippen LogP contribution < -0.4 is 0 Å². The highest BCUT2D eigenvalue weighted by molar-refractivity contribution is 5.68. The van der Waals surface area contributed by atoms with Gasteiger partial charge in [0, 0.05) is 0 Å². The van der Waals surface area contributed by atoms with Crippen LogP contribution in [0.5, 0.6) is 5.75 Å². The molecule has 15 heavy (non-hydrogen) atoms. The smallest absolute Gasteiger partial charge is 0.118 e. The van der Waals surface area contributed by atoms with Gasteiger partial charge in [0.2, 0.25) is 0 Å². The highest BCUT2D eigenvalue weighted by atomic mass is 16.3. The van der Waals surface area contributed by atoms with Crippen molar-refractivity contribution in [3.05, 3.63) is 53.6 Å². The Bertz CT molecular complexity index is 486. The Morgan fingerprint density at radius 1 is 0.867 bits per heavy atom. The third-order valence-corrected chi connectivity index (χ3v) is 2.65. The van der Waals surface area contributed by atoms with E-state index in [4.69, 9.17) is 0 Å². The van der Waals surface area contributed by atoms with E-state index in [9.17, 15) is 5.11 Å². The summed E-state index contributed by atoms with van der Waals surface area (Å²) in [6.07, 6.45) is 0. The lowest BCUT2D eigenvalue weighted by atomic mass is 9.99. The summed E-state index contributed by atoms with van der Waals surface area (Å²) in [5, 5.41) is 9.46. The molecule has 1 nitrogen and oxygen atoms in total. The molecule has 0 fully saturated rings. The van der Waals surface area contributed by atoms with E-state index in [1.807, 2.05) is 31.2 Å². The minimum absolute atomic E-state index is 0.354. The topological polar surface area (TPSA) is 20.2 Å². The molecule has 2 aromatic rings. The molecule has 0 aliphatic carbocycles. The maximum absolute atomic E-state index is 9.46. The summed E-state index contributed by atoms with van der Waals surface area (Å²) in [6, 6.07) is 14.0. The minimum atomic E-state index is 0.354. The molecule has 2 rings (SSSR count). The quantitative estimate of drug-likeness (QED) is 0.741. The summed E-state index contributed by atoms with van der Waals surface area (Å²) in [7, 11) is 0. The number of hydrogen-bond donors (Lipinski definition) is 1. The number of aromatic hydroxyl groups is 1. The van der Waals surface area contributed by atoms with Gasteiger partial charge >= 0.3 is 0 Å². The normalized spacial score (nSPS) is 10.3. The summed E-state index contributed by atoms with van der Waals surface area (Å²) in [5.41, 5.74) is 4.54. The molecule has 0 heterocycles. The van der Waals surface area contributed by atoms with Crippen molar-refractivity contribution in [3.8, 4) is 16.9 Å². The van der Waals surface area contributed by atoms with Gasteiger partial charge in [0.05, 0.1) is 0 Å². The molecular formula is C14H14O. The van der Waals surface area contributed by atoms with E-state index < -0.39 is 0 Å². The lowest BCUT2D eigenvalue weighted by molar-refractivity contribution is 0.471. The van der Waals surface area contributed by atoms with E-state index in [0.29, 0.717) is 5.75 Å². The molecule has 0 amide bonds. The first-order valence-corrected chi connectivity index (χ1v) is 5.04. The first-order valence-electron chi connectivity index (χ1n) is 5.04. The van der Waals surface area contributed by atoms with Crippen molar-refractivity contribution in [2.75, 3.05) is 0 Å². The van der Waals surface area contributed by atoms with Crippen LogP contribution in [0.4, 0.5) is 0 Å². The van der Waals surface area contributed by atoms with Crippen LogP contribution in [0.1, 0.15) is 11.1 Å². The number of rotatable bonds is 1. The molecule has 0 unspecified atom stereocenters. The number of phenolic OH excluding ortho intramolecular Hbond substituents is 1. The van der Waals surface area contributed by atoms with Crippen LogP contribution in [0.3, 0.4) is 0 Å². The summed E-state index contributed by atoms with van der Waals surface area (Å²) in [6.45, 7) is 4.01. The second-order valence-corrected chi connectivity index (χ2v) is 3.82. The zero-order valence-electron chi connectivity index (χ0n) is 8.99. The van der Waals surface area contributed by atoms with E-state index in [1.54, 1.807) is 6.07 Å². The SMILES string of the molecule is Cc1cc(-c2ccccc2C)ccc1O. The van der Waals surface area contributed by atoms with Crippen molar-refractivity contribution in [2.24, 2.45) is 0 Å². The van der Waals surface area contributed by atoms with Crippen molar-refractivity contribution in [1.82, 2.24) is 0 Å².